The largest absolute Gasteiger partial charge is 0.219 e. The Bertz CT molecular complexity index is 479. The molecule has 0 radical (unpaired) electrons. The summed E-state index contributed by atoms with van der Waals surface area (Å²) in [6.07, 6.45) is 1.91. The van der Waals surface area contributed by atoms with E-state index in [-0.39, 0.29) is 0 Å². The van der Waals surface area contributed by atoms with Crippen molar-refractivity contribution in [1.29, 1.82) is 0 Å². The van der Waals surface area contributed by atoms with Gasteiger partial charge in [0.05, 0.1) is 17.6 Å². The van der Waals surface area contributed by atoms with Crippen LogP contribution < -0.4 is 0 Å². The van der Waals surface area contributed by atoms with Gasteiger partial charge in [-0.2, -0.15) is 0 Å². The number of hydrogen-bond donors (Lipinski definition) is 0. The fourth-order valence-electron chi connectivity index (χ4n) is 1.29. The lowest BCUT2D eigenvalue weighted by Crippen LogP contribution is -1.97. The SMILES string of the molecule is Cc1cccc(-n2cc(CBr)nn2)c1Br. The number of benzene rings is 1. The second-order valence-electron chi connectivity index (χ2n) is 3.20. The first-order valence-electron chi connectivity index (χ1n) is 4.45. The lowest BCUT2D eigenvalue weighted by Gasteiger charge is -2.05. The lowest BCUT2D eigenvalue weighted by molar-refractivity contribution is 0.797. The van der Waals surface area contributed by atoms with Crippen LogP contribution in [0.15, 0.2) is 28.9 Å². The van der Waals surface area contributed by atoms with Crippen LogP contribution in [0.2, 0.25) is 0 Å². The molecule has 0 unspecified atom stereocenters. The van der Waals surface area contributed by atoms with Crippen molar-refractivity contribution in [3.8, 4) is 5.69 Å². The van der Waals surface area contributed by atoms with Crippen LogP contribution in [0, 0.1) is 6.92 Å². The summed E-state index contributed by atoms with van der Waals surface area (Å²) in [5, 5.41) is 8.81. The average Bonchev–Trinajstić information content (AvgIpc) is 2.70. The van der Waals surface area contributed by atoms with Crippen molar-refractivity contribution < 1.29 is 0 Å². The van der Waals surface area contributed by atoms with Gasteiger partial charge in [0.25, 0.3) is 0 Å². The smallest absolute Gasteiger partial charge is 0.0937 e. The number of aromatic nitrogens is 3. The molecule has 0 bridgehead atoms. The molecule has 0 aliphatic rings. The molecular formula is C10H9Br2N3. The summed E-state index contributed by atoms with van der Waals surface area (Å²) in [5.74, 6) is 0. The van der Waals surface area contributed by atoms with Gasteiger partial charge in [0, 0.05) is 9.80 Å². The summed E-state index contributed by atoms with van der Waals surface area (Å²) in [7, 11) is 0. The van der Waals surface area contributed by atoms with Crippen LogP contribution in [0.25, 0.3) is 5.69 Å². The molecule has 78 valence electrons. The minimum atomic E-state index is 0.719. The zero-order valence-corrected chi connectivity index (χ0v) is 11.3. The minimum absolute atomic E-state index is 0.719. The number of nitrogens with zero attached hydrogens (tertiary/aromatic N) is 3. The molecule has 1 heterocycles. The van der Waals surface area contributed by atoms with Gasteiger partial charge in [-0.3, -0.25) is 0 Å². The predicted molar refractivity (Wildman–Crippen MR) is 66.4 cm³/mol. The standard InChI is InChI=1S/C10H9Br2N3/c1-7-3-2-4-9(10(7)12)15-6-8(5-11)13-14-15/h2-4,6H,5H2,1H3. The van der Waals surface area contributed by atoms with Crippen LogP contribution in [0.5, 0.6) is 0 Å². The number of alkyl halides is 1. The van der Waals surface area contributed by atoms with Gasteiger partial charge in [0.2, 0.25) is 0 Å². The highest BCUT2D eigenvalue weighted by Gasteiger charge is 2.06. The third-order valence-corrected chi connectivity index (χ3v) is 3.70. The molecule has 0 aliphatic carbocycles. The molecule has 15 heavy (non-hydrogen) atoms. The van der Waals surface area contributed by atoms with Gasteiger partial charge in [-0.25, -0.2) is 4.68 Å². The Morgan fingerprint density at radius 1 is 1.40 bits per heavy atom. The Morgan fingerprint density at radius 3 is 2.87 bits per heavy atom. The minimum Gasteiger partial charge on any atom is -0.219 e. The highest BCUT2D eigenvalue weighted by atomic mass is 79.9. The third-order valence-electron chi connectivity index (χ3n) is 2.10. The van der Waals surface area contributed by atoms with E-state index in [2.05, 4.69) is 55.2 Å². The molecule has 0 atom stereocenters. The summed E-state index contributed by atoms with van der Waals surface area (Å²) in [6.45, 7) is 2.05. The van der Waals surface area contributed by atoms with Crippen molar-refractivity contribution >= 4 is 31.9 Å². The average molecular weight is 331 g/mol. The summed E-state index contributed by atoms with van der Waals surface area (Å²) in [4.78, 5) is 0. The van der Waals surface area contributed by atoms with Crippen molar-refractivity contribution in [1.82, 2.24) is 15.0 Å². The van der Waals surface area contributed by atoms with E-state index < -0.39 is 0 Å². The second kappa shape index (κ2) is 4.45. The van der Waals surface area contributed by atoms with Crippen LogP contribution in [0.3, 0.4) is 0 Å². The van der Waals surface area contributed by atoms with Crippen molar-refractivity contribution in [3.05, 3.63) is 40.1 Å². The van der Waals surface area contributed by atoms with Gasteiger partial charge in [0.15, 0.2) is 0 Å². The normalized spacial score (nSPS) is 10.6. The third kappa shape index (κ3) is 2.13. The molecule has 5 heteroatoms. The van der Waals surface area contributed by atoms with Crippen molar-refractivity contribution in [2.45, 2.75) is 12.3 Å². The number of halogens is 2. The first-order chi connectivity index (χ1) is 7.22. The van der Waals surface area contributed by atoms with Crippen LogP contribution in [0.1, 0.15) is 11.3 Å². The predicted octanol–water partition coefficient (Wildman–Crippen LogP) is 3.23. The number of aryl methyl sites for hydroxylation is 1. The van der Waals surface area contributed by atoms with Crippen LogP contribution in [-0.2, 0) is 5.33 Å². The molecule has 0 spiro atoms. The van der Waals surface area contributed by atoms with Crippen LogP contribution in [0.4, 0.5) is 0 Å². The van der Waals surface area contributed by atoms with E-state index in [9.17, 15) is 0 Å². The second-order valence-corrected chi connectivity index (χ2v) is 4.55. The van der Waals surface area contributed by atoms with Gasteiger partial charge in [-0.15, -0.1) is 5.10 Å². The van der Waals surface area contributed by atoms with Gasteiger partial charge >= 0.3 is 0 Å². The Kier molecular flexibility index (Phi) is 3.21. The molecule has 0 N–H and O–H groups in total. The molecule has 0 saturated carbocycles. The lowest BCUT2D eigenvalue weighted by atomic mass is 10.2. The maximum absolute atomic E-state index is 4.07. The van der Waals surface area contributed by atoms with E-state index >= 15 is 0 Å². The highest BCUT2D eigenvalue weighted by molar-refractivity contribution is 9.10. The quantitative estimate of drug-likeness (QED) is 0.791. The van der Waals surface area contributed by atoms with E-state index in [4.69, 9.17) is 0 Å². The molecule has 1 aromatic heterocycles. The molecule has 0 fully saturated rings. The van der Waals surface area contributed by atoms with Crippen LogP contribution in [-0.4, -0.2) is 15.0 Å². The van der Waals surface area contributed by atoms with E-state index in [1.165, 1.54) is 5.56 Å². The molecule has 0 amide bonds. The topological polar surface area (TPSA) is 30.7 Å². The van der Waals surface area contributed by atoms with E-state index in [0.717, 1.165) is 21.2 Å². The zero-order chi connectivity index (χ0) is 10.8. The van der Waals surface area contributed by atoms with Crippen molar-refractivity contribution in [3.63, 3.8) is 0 Å². The van der Waals surface area contributed by atoms with Crippen molar-refractivity contribution in [2.75, 3.05) is 0 Å². The zero-order valence-electron chi connectivity index (χ0n) is 8.11. The van der Waals surface area contributed by atoms with Gasteiger partial charge in [0.1, 0.15) is 0 Å². The summed E-state index contributed by atoms with van der Waals surface area (Å²) < 4.78 is 2.82. The van der Waals surface area contributed by atoms with Gasteiger partial charge in [-0.05, 0) is 34.5 Å². The summed E-state index contributed by atoms with van der Waals surface area (Å²) in [5.41, 5.74) is 3.11. The monoisotopic (exact) mass is 329 g/mol. The molecule has 1 aromatic carbocycles. The Balaban J connectivity index is 2.49. The molecular weight excluding hydrogens is 322 g/mol. The van der Waals surface area contributed by atoms with Gasteiger partial charge < -0.3 is 0 Å². The molecule has 0 aliphatic heterocycles. The van der Waals surface area contributed by atoms with E-state index in [1.807, 2.05) is 18.3 Å². The summed E-state index contributed by atoms with van der Waals surface area (Å²) >= 11 is 6.90. The number of rotatable bonds is 2. The molecule has 2 rings (SSSR count). The van der Waals surface area contributed by atoms with E-state index in [0.29, 0.717) is 0 Å². The fraction of sp³-hybridized carbons (Fsp3) is 0.200. The Hall–Kier alpha value is -0.680. The summed E-state index contributed by atoms with van der Waals surface area (Å²) in [6, 6.07) is 6.06. The molecule has 2 aromatic rings. The molecule has 3 nitrogen and oxygen atoms in total. The fourth-order valence-corrected chi connectivity index (χ4v) is 1.99. The maximum atomic E-state index is 4.07. The Morgan fingerprint density at radius 2 is 2.20 bits per heavy atom. The van der Waals surface area contributed by atoms with Crippen molar-refractivity contribution in [2.24, 2.45) is 0 Å². The highest BCUT2D eigenvalue weighted by Crippen LogP contribution is 2.24. The Labute approximate surface area is 105 Å². The van der Waals surface area contributed by atoms with Gasteiger partial charge in [-0.1, -0.05) is 33.3 Å². The first-order valence-corrected chi connectivity index (χ1v) is 6.36. The van der Waals surface area contributed by atoms with E-state index in [1.54, 1.807) is 4.68 Å². The molecule has 0 saturated heterocycles. The number of hydrogen-bond acceptors (Lipinski definition) is 2. The first kappa shape index (κ1) is 10.8. The van der Waals surface area contributed by atoms with Crippen LogP contribution >= 0.6 is 31.9 Å². The maximum Gasteiger partial charge on any atom is 0.0937 e.